The minimum atomic E-state index is -0.0585. The van der Waals surface area contributed by atoms with Gasteiger partial charge in [0.1, 0.15) is 5.75 Å². The Labute approximate surface area is 98.8 Å². The second-order valence-corrected chi connectivity index (χ2v) is 4.74. The summed E-state index contributed by atoms with van der Waals surface area (Å²) in [6.45, 7) is 4.75. The smallest absolute Gasteiger partial charge is 0.246 e. The number of fused-ring (bicyclic) bond motifs is 1. The van der Waals surface area contributed by atoms with E-state index in [0.717, 1.165) is 16.2 Å². The molecule has 0 aromatic heterocycles. The number of carbonyl (C=O) groups excluding carboxylic acids is 1. The van der Waals surface area contributed by atoms with Crippen molar-refractivity contribution in [3.05, 3.63) is 36.4 Å². The highest BCUT2D eigenvalue weighted by Crippen LogP contribution is 2.29. The molecular formula is C12H13NO2S. The Hall–Kier alpha value is -1.42. The van der Waals surface area contributed by atoms with Crippen LogP contribution in [0.4, 0.5) is 0 Å². The van der Waals surface area contributed by atoms with E-state index in [9.17, 15) is 9.90 Å². The number of carbonyl (C=O) groups is 1. The molecule has 1 aliphatic heterocycles. The van der Waals surface area contributed by atoms with Crippen molar-refractivity contribution >= 4 is 17.7 Å². The fourth-order valence-corrected chi connectivity index (χ4v) is 2.70. The van der Waals surface area contributed by atoms with E-state index in [0.29, 0.717) is 13.1 Å². The minimum absolute atomic E-state index is 0.0585. The fraction of sp³-hybridized carbons (Fsp3) is 0.250. The van der Waals surface area contributed by atoms with Crippen LogP contribution >= 0.6 is 11.8 Å². The van der Waals surface area contributed by atoms with Crippen molar-refractivity contribution in [3.63, 3.8) is 0 Å². The first kappa shape index (κ1) is 11.1. The minimum Gasteiger partial charge on any atom is -0.508 e. The van der Waals surface area contributed by atoms with Gasteiger partial charge in [-0.3, -0.25) is 4.79 Å². The molecule has 1 amide bonds. The maximum atomic E-state index is 11.6. The van der Waals surface area contributed by atoms with Crippen LogP contribution in [0.25, 0.3) is 0 Å². The van der Waals surface area contributed by atoms with E-state index < -0.39 is 0 Å². The van der Waals surface area contributed by atoms with Gasteiger partial charge in [-0.1, -0.05) is 6.58 Å². The lowest BCUT2D eigenvalue weighted by atomic mass is 10.2. The van der Waals surface area contributed by atoms with E-state index >= 15 is 0 Å². The van der Waals surface area contributed by atoms with Crippen LogP contribution in [0.5, 0.6) is 5.75 Å². The van der Waals surface area contributed by atoms with E-state index in [1.165, 1.54) is 6.08 Å². The molecule has 0 saturated carbocycles. The first-order chi connectivity index (χ1) is 7.70. The predicted octanol–water partition coefficient (Wildman–Crippen LogP) is 2.01. The van der Waals surface area contributed by atoms with Gasteiger partial charge in [0.05, 0.1) is 0 Å². The van der Waals surface area contributed by atoms with E-state index in [4.69, 9.17) is 0 Å². The Kier molecular flexibility index (Phi) is 3.19. The van der Waals surface area contributed by atoms with Crippen molar-refractivity contribution in [2.24, 2.45) is 0 Å². The summed E-state index contributed by atoms with van der Waals surface area (Å²) >= 11 is 1.71. The van der Waals surface area contributed by atoms with Crippen LogP contribution in [0.3, 0.4) is 0 Å². The van der Waals surface area contributed by atoms with Crippen LogP contribution in [0.15, 0.2) is 35.7 Å². The second-order valence-electron chi connectivity index (χ2n) is 3.60. The van der Waals surface area contributed by atoms with Crippen molar-refractivity contribution in [1.82, 2.24) is 4.90 Å². The van der Waals surface area contributed by atoms with Gasteiger partial charge in [-0.2, -0.15) is 0 Å². The first-order valence-electron chi connectivity index (χ1n) is 5.07. The number of phenols is 1. The van der Waals surface area contributed by atoms with Crippen molar-refractivity contribution in [2.45, 2.75) is 11.4 Å². The number of nitrogens with zero attached hydrogens (tertiary/aromatic N) is 1. The van der Waals surface area contributed by atoms with Gasteiger partial charge in [0.25, 0.3) is 0 Å². The van der Waals surface area contributed by atoms with Crippen LogP contribution in [0, 0.1) is 0 Å². The lowest BCUT2D eigenvalue weighted by Gasteiger charge is -2.18. The number of rotatable bonds is 1. The zero-order valence-electron chi connectivity index (χ0n) is 8.85. The number of amides is 1. The van der Waals surface area contributed by atoms with Crippen molar-refractivity contribution in [1.29, 1.82) is 0 Å². The van der Waals surface area contributed by atoms with Crippen LogP contribution < -0.4 is 0 Å². The summed E-state index contributed by atoms with van der Waals surface area (Å²) in [7, 11) is 0. The monoisotopic (exact) mass is 235 g/mol. The quantitative estimate of drug-likeness (QED) is 0.757. The van der Waals surface area contributed by atoms with Gasteiger partial charge in [0.2, 0.25) is 5.91 Å². The molecule has 0 atom stereocenters. The molecule has 84 valence electrons. The summed E-state index contributed by atoms with van der Waals surface area (Å²) in [4.78, 5) is 14.4. The summed E-state index contributed by atoms with van der Waals surface area (Å²) in [5.74, 6) is 1.06. The number of phenolic OH excluding ortho intramolecular Hbond substituents is 1. The summed E-state index contributed by atoms with van der Waals surface area (Å²) in [6, 6.07) is 5.30. The molecule has 0 aliphatic carbocycles. The third-order valence-corrected chi connectivity index (χ3v) is 3.61. The van der Waals surface area contributed by atoms with Gasteiger partial charge < -0.3 is 10.0 Å². The molecule has 3 nitrogen and oxygen atoms in total. The zero-order chi connectivity index (χ0) is 11.5. The highest BCUT2D eigenvalue weighted by molar-refractivity contribution is 7.99. The summed E-state index contributed by atoms with van der Waals surface area (Å²) in [5, 5.41) is 9.43. The second kappa shape index (κ2) is 4.61. The van der Waals surface area contributed by atoms with Gasteiger partial charge >= 0.3 is 0 Å². The molecule has 0 radical (unpaired) electrons. The molecule has 0 unspecified atom stereocenters. The average Bonchev–Trinajstić information content (AvgIpc) is 2.49. The van der Waals surface area contributed by atoms with E-state index in [-0.39, 0.29) is 11.7 Å². The Morgan fingerprint density at radius 1 is 1.56 bits per heavy atom. The van der Waals surface area contributed by atoms with Gasteiger partial charge in [-0.15, -0.1) is 11.8 Å². The Balaban J connectivity index is 2.29. The van der Waals surface area contributed by atoms with Crippen LogP contribution in [-0.4, -0.2) is 28.2 Å². The van der Waals surface area contributed by atoms with E-state index in [2.05, 4.69) is 6.58 Å². The number of aromatic hydroxyl groups is 1. The fourth-order valence-electron chi connectivity index (χ4n) is 1.70. The zero-order valence-corrected chi connectivity index (χ0v) is 9.67. The SMILES string of the molecule is C=CC(=O)N1CCSc2ccc(O)cc2C1. The molecule has 16 heavy (non-hydrogen) atoms. The van der Waals surface area contributed by atoms with Crippen LogP contribution in [0.2, 0.25) is 0 Å². The third-order valence-electron chi connectivity index (χ3n) is 2.51. The van der Waals surface area contributed by atoms with Crippen LogP contribution in [0.1, 0.15) is 5.56 Å². The highest BCUT2D eigenvalue weighted by atomic mass is 32.2. The molecule has 1 aromatic carbocycles. The molecular weight excluding hydrogens is 222 g/mol. The molecule has 1 N–H and O–H groups in total. The van der Waals surface area contributed by atoms with Crippen molar-refractivity contribution in [3.8, 4) is 5.75 Å². The average molecular weight is 235 g/mol. The Morgan fingerprint density at radius 3 is 3.12 bits per heavy atom. The highest BCUT2D eigenvalue weighted by Gasteiger charge is 2.17. The molecule has 2 rings (SSSR count). The Morgan fingerprint density at radius 2 is 2.38 bits per heavy atom. The maximum Gasteiger partial charge on any atom is 0.246 e. The van der Waals surface area contributed by atoms with Crippen molar-refractivity contribution in [2.75, 3.05) is 12.3 Å². The van der Waals surface area contributed by atoms with Gasteiger partial charge in [-0.25, -0.2) is 0 Å². The van der Waals surface area contributed by atoms with Crippen molar-refractivity contribution < 1.29 is 9.90 Å². The van der Waals surface area contributed by atoms with Crippen LogP contribution in [-0.2, 0) is 11.3 Å². The summed E-state index contributed by atoms with van der Waals surface area (Å²) < 4.78 is 0. The Bertz CT molecular complexity index is 431. The van der Waals surface area contributed by atoms with E-state index in [1.54, 1.807) is 28.8 Å². The predicted molar refractivity (Wildman–Crippen MR) is 64.4 cm³/mol. The number of hydrogen-bond donors (Lipinski definition) is 1. The first-order valence-corrected chi connectivity index (χ1v) is 6.05. The summed E-state index contributed by atoms with van der Waals surface area (Å²) in [6.07, 6.45) is 1.33. The number of thioether (sulfide) groups is 1. The van der Waals surface area contributed by atoms with Gasteiger partial charge in [0, 0.05) is 23.7 Å². The lowest BCUT2D eigenvalue weighted by molar-refractivity contribution is -0.126. The summed E-state index contributed by atoms with van der Waals surface area (Å²) in [5.41, 5.74) is 0.998. The normalized spacial score (nSPS) is 15.1. The maximum absolute atomic E-state index is 11.6. The molecule has 0 bridgehead atoms. The lowest BCUT2D eigenvalue weighted by Crippen LogP contribution is -2.29. The largest absolute Gasteiger partial charge is 0.508 e. The molecule has 1 aromatic rings. The number of hydrogen-bond acceptors (Lipinski definition) is 3. The molecule has 0 fully saturated rings. The standard InChI is InChI=1S/C12H13NO2S/c1-2-12(15)13-5-6-16-11-4-3-10(14)7-9(11)8-13/h2-4,7,14H,1,5-6,8H2. The van der Waals surface area contributed by atoms with Gasteiger partial charge in [0.15, 0.2) is 0 Å². The molecule has 1 heterocycles. The molecule has 1 aliphatic rings. The topological polar surface area (TPSA) is 40.5 Å². The third kappa shape index (κ3) is 2.22. The van der Waals surface area contributed by atoms with Gasteiger partial charge in [-0.05, 0) is 29.8 Å². The van der Waals surface area contributed by atoms with E-state index in [1.807, 2.05) is 6.07 Å². The number of benzene rings is 1. The molecule has 0 saturated heterocycles. The molecule has 4 heteroatoms. The molecule has 0 spiro atoms.